The molecule has 0 N–H and O–H groups in total. The molecule has 116 valence electrons. The maximum Gasteiger partial charge on any atom is 0.416 e. The predicted octanol–water partition coefficient (Wildman–Crippen LogP) is 4.24. The zero-order valence-electron chi connectivity index (χ0n) is 12.1. The number of carbonyl (C=O) groups is 1. The van der Waals surface area contributed by atoms with E-state index in [-0.39, 0.29) is 18.0 Å². The standard InChI is InChI=1S/C16H20F3NO/c1-20(15(21)10-12-6-2-3-7-12)11-13-8-4-5-9-14(13)16(17,18)19/h4-5,8-9,12H,2-3,6-7,10-11H2,1H3. The van der Waals surface area contributed by atoms with Crippen LogP contribution in [0.15, 0.2) is 24.3 Å². The summed E-state index contributed by atoms with van der Waals surface area (Å²) in [5.41, 5.74) is -0.516. The molecule has 1 aromatic carbocycles. The molecule has 0 bridgehead atoms. The van der Waals surface area contributed by atoms with Crippen molar-refractivity contribution in [1.82, 2.24) is 4.90 Å². The van der Waals surface area contributed by atoms with Crippen LogP contribution in [0.5, 0.6) is 0 Å². The van der Waals surface area contributed by atoms with Gasteiger partial charge in [-0.15, -0.1) is 0 Å². The summed E-state index contributed by atoms with van der Waals surface area (Å²) in [5.74, 6) is 0.330. The van der Waals surface area contributed by atoms with Gasteiger partial charge in [0, 0.05) is 20.0 Å². The van der Waals surface area contributed by atoms with E-state index in [2.05, 4.69) is 0 Å². The molecule has 1 amide bonds. The van der Waals surface area contributed by atoms with Gasteiger partial charge in [0.1, 0.15) is 0 Å². The van der Waals surface area contributed by atoms with Gasteiger partial charge >= 0.3 is 6.18 Å². The highest BCUT2D eigenvalue weighted by atomic mass is 19.4. The van der Waals surface area contributed by atoms with E-state index in [0.29, 0.717) is 12.3 Å². The molecule has 1 fully saturated rings. The summed E-state index contributed by atoms with van der Waals surface area (Å²) >= 11 is 0. The number of hydrogen-bond donors (Lipinski definition) is 0. The molecule has 5 heteroatoms. The van der Waals surface area contributed by atoms with E-state index in [1.807, 2.05) is 0 Å². The van der Waals surface area contributed by atoms with Crippen molar-refractivity contribution >= 4 is 5.91 Å². The third-order valence-electron chi connectivity index (χ3n) is 4.09. The van der Waals surface area contributed by atoms with Crippen LogP contribution < -0.4 is 0 Å². The molecule has 0 aliphatic heterocycles. The number of rotatable bonds is 4. The molecule has 1 aliphatic rings. The fraction of sp³-hybridized carbons (Fsp3) is 0.562. The molecule has 0 aromatic heterocycles. The first-order chi connectivity index (χ1) is 9.88. The second-order valence-corrected chi connectivity index (χ2v) is 5.76. The first-order valence-electron chi connectivity index (χ1n) is 7.27. The molecule has 0 unspecified atom stereocenters. The van der Waals surface area contributed by atoms with Gasteiger partial charge in [-0.2, -0.15) is 13.2 Å². The molecule has 1 saturated carbocycles. The van der Waals surface area contributed by atoms with Gasteiger partial charge < -0.3 is 4.90 Å². The maximum atomic E-state index is 12.9. The Morgan fingerprint density at radius 2 is 1.86 bits per heavy atom. The molecule has 2 nitrogen and oxygen atoms in total. The molecule has 1 aliphatic carbocycles. The quantitative estimate of drug-likeness (QED) is 0.814. The van der Waals surface area contributed by atoms with Crippen molar-refractivity contribution in [3.05, 3.63) is 35.4 Å². The summed E-state index contributed by atoms with van der Waals surface area (Å²) in [6.45, 7) is 0.00123. The Hall–Kier alpha value is -1.52. The van der Waals surface area contributed by atoms with Crippen molar-refractivity contribution in [2.45, 2.75) is 44.8 Å². The highest BCUT2D eigenvalue weighted by Gasteiger charge is 2.33. The van der Waals surface area contributed by atoms with E-state index in [4.69, 9.17) is 0 Å². The Bertz CT molecular complexity index is 493. The van der Waals surface area contributed by atoms with Crippen LogP contribution in [-0.4, -0.2) is 17.9 Å². The third kappa shape index (κ3) is 4.22. The summed E-state index contributed by atoms with van der Waals surface area (Å²) in [5, 5.41) is 0. The summed E-state index contributed by atoms with van der Waals surface area (Å²) in [6.07, 6.45) is 0.477. The van der Waals surface area contributed by atoms with E-state index in [9.17, 15) is 18.0 Å². The zero-order chi connectivity index (χ0) is 15.5. The lowest BCUT2D eigenvalue weighted by Crippen LogP contribution is -2.28. The van der Waals surface area contributed by atoms with Gasteiger partial charge in [0.15, 0.2) is 0 Å². The van der Waals surface area contributed by atoms with Gasteiger partial charge in [0.2, 0.25) is 5.91 Å². The molecular weight excluding hydrogens is 279 g/mol. The first kappa shape index (κ1) is 15.9. The number of halogens is 3. The number of nitrogens with zero attached hydrogens (tertiary/aromatic N) is 1. The fourth-order valence-corrected chi connectivity index (χ4v) is 2.90. The fourth-order valence-electron chi connectivity index (χ4n) is 2.90. The van der Waals surface area contributed by atoms with E-state index < -0.39 is 11.7 Å². The van der Waals surface area contributed by atoms with Crippen LogP contribution in [0.25, 0.3) is 0 Å². The Kier molecular flexibility index (Phi) is 4.91. The second kappa shape index (κ2) is 6.50. The van der Waals surface area contributed by atoms with Gasteiger partial charge in [-0.05, 0) is 30.4 Å². The average molecular weight is 299 g/mol. The SMILES string of the molecule is CN(Cc1ccccc1C(F)(F)F)C(=O)CC1CCCC1. The number of hydrogen-bond acceptors (Lipinski definition) is 1. The summed E-state index contributed by atoms with van der Waals surface area (Å²) in [6, 6.07) is 5.43. The Balaban J connectivity index is 2.02. The lowest BCUT2D eigenvalue weighted by Gasteiger charge is -2.21. The van der Waals surface area contributed by atoms with Gasteiger partial charge in [-0.25, -0.2) is 0 Å². The topological polar surface area (TPSA) is 20.3 Å². The van der Waals surface area contributed by atoms with Crippen LogP contribution in [-0.2, 0) is 17.5 Å². The van der Waals surface area contributed by atoms with Gasteiger partial charge in [0.25, 0.3) is 0 Å². The van der Waals surface area contributed by atoms with E-state index >= 15 is 0 Å². The maximum absolute atomic E-state index is 12.9. The normalized spacial score (nSPS) is 16.2. The minimum absolute atomic E-state index is 0.00123. The van der Waals surface area contributed by atoms with Gasteiger partial charge in [-0.1, -0.05) is 31.0 Å². The molecular formula is C16H20F3NO. The Labute approximate surface area is 122 Å². The monoisotopic (exact) mass is 299 g/mol. The van der Waals surface area contributed by atoms with Crippen LogP contribution in [0, 0.1) is 5.92 Å². The highest BCUT2D eigenvalue weighted by molar-refractivity contribution is 5.76. The molecule has 0 heterocycles. The van der Waals surface area contributed by atoms with Crippen molar-refractivity contribution in [3.8, 4) is 0 Å². The highest BCUT2D eigenvalue weighted by Crippen LogP contribution is 2.32. The lowest BCUT2D eigenvalue weighted by molar-refractivity contribution is -0.139. The molecule has 21 heavy (non-hydrogen) atoms. The molecule has 1 aromatic rings. The number of carbonyl (C=O) groups excluding carboxylic acids is 1. The van der Waals surface area contributed by atoms with Gasteiger partial charge in [-0.3, -0.25) is 4.79 Å². The van der Waals surface area contributed by atoms with Crippen LogP contribution in [0.3, 0.4) is 0 Å². The zero-order valence-corrected chi connectivity index (χ0v) is 12.1. The van der Waals surface area contributed by atoms with Crippen LogP contribution in [0.2, 0.25) is 0 Å². The lowest BCUT2D eigenvalue weighted by atomic mass is 10.0. The van der Waals surface area contributed by atoms with E-state index in [1.165, 1.54) is 17.0 Å². The van der Waals surface area contributed by atoms with Crippen molar-refractivity contribution in [1.29, 1.82) is 0 Å². The molecule has 2 rings (SSSR count). The second-order valence-electron chi connectivity index (χ2n) is 5.76. The number of benzene rings is 1. The molecule has 0 radical (unpaired) electrons. The smallest absolute Gasteiger partial charge is 0.341 e. The minimum atomic E-state index is -4.38. The van der Waals surface area contributed by atoms with Crippen molar-refractivity contribution in [2.75, 3.05) is 7.05 Å². The van der Waals surface area contributed by atoms with Gasteiger partial charge in [0.05, 0.1) is 5.56 Å². The summed E-state index contributed by atoms with van der Waals surface area (Å²) in [7, 11) is 1.57. The first-order valence-corrected chi connectivity index (χ1v) is 7.27. The van der Waals surface area contributed by atoms with E-state index in [1.54, 1.807) is 13.1 Å². The molecule has 0 spiro atoms. The molecule has 0 atom stereocenters. The largest absolute Gasteiger partial charge is 0.416 e. The van der Waals surface area contributed by atoms with Crippen LogP contribution in [0.4, 0.5) is 13.2 Å². The van der Waals surface area contributed by atoms with Crippen LogP contribution in [0.1, 0.15) is 43.2 Å². The number of alkyl halides is 3. The third-order valence-corrected chi connectivity index (χ3v) is 4.09. The van der Waals surface area contributed by atoms with Crippen LogP contribution >= 0.6 is 0 Å². The Morgan fingerprint density at radius 1 is 1.24 bits per heavy atom. The van der Waals surface area contributed by atoms with Crippen molar-refractivity contribution in [3.63, 3.8) is 0 Å². The summed E-state index contributed by atoms with van der Waals surface area (Å²) < 4.78 is 38.8. The predicted molar refractivity (Wildman–Crippen MR) is 74.5 cm³/mol. The minimum Gasteiger partial charge on any atom is -0.341 e. The van der Waals surface area contributed by atoms with Crippen molar-refractivity contribution < 1.29 is 18.0 Å². The average Bonchev–Trinajstić information content (AvgIpc) is 2.91. The van der Waals surface area contributed by atoms with Crippen molar-refractivity contribution in [2.24, 2.45) is 5.92 Å². The number of amides is 1. The Morgan fingerprint density at radius 3 is 2.48 bits per heavy atom. The summed E-state index contributed by atoms with van der Waals surface area (Å²) in [4.78, 5) is 13.5. The molecule has 0 saturated heterocycles. The van der Waals surface area contributed by atoms with E-state index in [0.717, 1.165) is 31.7 Å².